The summed E-state index contributed by atoms with van der Waals surface area (Å²) in [6.07, 6.45) is 15.4. The van der Waals surface area contributed by atoms with E-state index in [1.807, 2.05) is 0 Å². The number of rotatable bonds is 1. The molecule has 2 aliphatic heterocycles. The Bertz CT molecular complexity index is 260. The van der Waals surface area contributed by atoms with Crippen molar-refractivity contribution >= 4 is 0 Å². The standard InChI is InChI=1S/C14H24N2/c15-11-9-13-7-4-8-14(10-11)16(13)12-5-2-1-3-6-12/h1-2,11-14H,3-10,15H2. The first-order chi connectivity index (χ1) is 7.84. The molecular weight excluding hydrogens is 196 g/mol. The number of allylic oxidation sites excluding steroid dienone is 1. The fourth-order valence-electron chi connectivity index (χ4n) is 4.10. The first kappa shape index (κ1) is 10.8. The van der Waals surface area contributed by atoms with Gasteiger partial charge in [0.05, 0.1) is 0 Å². The van der Waals surface area contributed by atoms with Crippen LogP contribution in [0.2, 0.25) is 0 Å². The zero-order valence-electron chi connectivity index (χ0n) is 10.1. The average molecular weight is 220 g/mol. The Balaban J connectivity index is 1.75. The van der Waals surface area contributed by atoms with Gasteiger partial charge in [-0.3, -0.25) is 4.90 Å². The number of hydrogen-bond donors (Lipinski definition) is 1. The number of nitrogens with two attached hydrogens (primary N) is 1. The summed E-state index contributed by atoms with van der Waals surface area (Å²) in [4.78, 5) is 2.86. The van der Waals surface area contributed by atoms with Crippen LogP contribution in [0.1, 0.15) is 51.4 Å². The Morgan fingerprint density at radius 3 is 2.31 bits per heavy atom. The van der Waals surface area contributed by atoms with E-state index < -0.39 is 0 Å². The molecule has 2 heterocycles. The maximum absolute atomic E-state index is 6.18. The molecule has 2 saturated heterocycles. The zero-order chi connectivity index (χ0) is 11.0. The Hall–Kier alpha value is -0.340. The van der Waals surface area contributed by atoms with E-state index in [1.165, 1.54) is 51.4 Å². The highest BCUT2D eigenvalue weighted by molar-refractivity contribution is 5.01. The monoisotopic (exact) mass is 220 g/mol. The first-order valence-electron chi connectivity index (χ1n) is 7.02. The lowest BCUT2D eigenvalue weighted by Crippen LogP contribution is -2.58. The van der Waals surface area contributed by atoms with Crippen LogP contribution < -0.4 is 5.73 Å². The van der Waals surface area contributed by atoms with Crippen molar-refractivity contribution in [3.8, 4) is 0 Å². The van der Waals surface area contributed by atoms with Crippen molar-refractivity contribution in [1.29, 1.82) is 0 Å². The molecule has 90 valence electrons. The van der Waals surface area contributed by atoms with E-state index in [1.54, 1.807) is 0 Å². The van der Waals surface area contributed by atoms with Crippen molar-refractivity contribution in [2.75, 3.05) is 0 Å². The first-order valence-corrected chi connectivity index (χ1v) is 7.02. The summed E-state index contributed by atoms with van der Waals surface area (Å²) >= 11 is 0. The molecule has 0 spiro atoms. The van der Waals surface area contributed by atoms with Crippen molar-refractivity contribution < 1.29 is 0 Å². The third-order valence-electron chi connectivity index (χ3n) is 4.73. The Morgan fingerprint density at radius 2 is 1.69 bits per heavy atom. The number of fused-ring (bicyclic) bond motifs is 2. The average Bonchev–Trinajstić information content (AvgIpc) is 2.29. The van der Waals surface area contributed by atoms with Crippen molar-refractivity contribution in [3.05, 3.63) is 12.2 Å². The minimum Gasteiger partial charge on any atom is -0.328 e. The molecule has 3 atom stereocenters. The lowest BCUT2D eigenvalue weighted by molar-refractivity contribution is -0.00814. The second-order valence-electron chi connectivity index (χ2n) is 5.86. The predicted octanol–water partition coefficient (Wildman–Crippen LogP) is 2.44. The summed E-state index contributed by atoms with van der Waals surface area (Å²) in [7, 11) is 0. The molecule has 3 unspecified atom stereocenters. The quantitative estimate of drug-likeness (QED) is 0.688. The summed E-state index contributed by atoms with van der Waals surface area (Å²) in [5.41, 5.74) is 6.18. The van der Waals surface area contributed by atoms with Crippen LogP contribution in [0.4, 0.5) is 0 Å². The minimum absolute atomic E-state index is 0.477. The molecular formula is C14H24N2. The third kappa shape index (κ3) is 1.93. The van der Waals surface area contributed by atoms with Crippen LogP contribution in [0.15, 0.2) is 12.2 Å². The summed E-state index contributed by atoms with van der Waals surface area (Å²) in [5, 5.41) is 0. The van der Waals surface area contributed by atoms with Gasteiger partial charge in [0.2, 0.25) is 0 Å². The molecule has 2 fully saturated rings. The second-order valence-corrected chi connectivity index (χ2v) is 5.86. The largest absolute Gasteiger partial charge is 0.328 e. The molecule has 2 nitrogen and oxygen atoms in total. The molecule has 2 heteroatoms. The minimum atomic E-state index is 0.477. The van der Waals surface area contributed by atoms with Gasteiger partial charge in [-0.25, -0.2) is 0 Å². The van der Waals surface area contributed by atoms with E-state index in [2.05, 4.69) is 17.1 Å². The molecule has 2 N–H and O–H groups in total. The zero-order valence-corrected chi connectivity index (χ0v) is 10.1. The van der Waals surface area contributed by atoms with Crippen LogP contribution in [0.5, 0.6) is 0 Å². The van der Waals surface area contributed by atoms with Gasteiger partial charge < -0.3 is 5.73 Å². The number of hydrogen-bond acceptors (Lipinski definition) is 2. The molecule has 0 saturated carbocycles. The summed E-state index contributed by atoms with van der Waals surface area (Å²) in [6.45, 7) is 0. The molecule has 3 aliphatic rings. The lowest BCUT2D eigenvalue weighted by atomic mass is 9.79. The van der Waals surface area contributed by atoms with Gasteiger partial charge in [0.15, 0.2) is 0 Å². The molecule has 0 radical (unpaired) electrons. The predicted molar refractivity (Wildman–Crippen MR) is 67.3 cm³/mol. The normalized spacial score (nSPS) is 44.6. The Kier molecular flexibility index (Phi) is 3.03. The highest BCUT2D eigenvalue weighted by Gasteiger charge is 2.40. The Labute approximate surface area is 98.9 Å². The van der Waals surface area contributed by atoms with Gasteiger partial charge in [0.25, 0.3) is 0 Å². The highest BCUT2D eigenvalue weighted by Crippen LogP contribution is 2.37. The van der Waals surface area contributed by atoms with Crippen LogP contribution in [-0.4, -0.2) is 29.1 Å². The summed E-state index contributed by atoms with van der Waals surface area (Å²) < 4.78 is 0. The fourth-order valence-corrected chi connectivity index (χ4v) is 4.10. The molecule has 0 amide bonds. The van der Waals surface area contributed by atoms with Crippen molar-refractivity contribution in [2.45, 2.75) is 75.5 Å². The third-order valence-corrected chi connectivity index (χ3v) is 4.73. The van der Waals surface area contributed by atoms with Crippen LogP contribution in [0, 0.1) is 0 Å². The molecule has 0 aromatic heterocycles. The topological polar surface area (TPSA) is 29.3 Å². The van der Waals surface area contributed by atoms with Crippen LogP contribution in [0.3, 0.4) is 0 Å². The van der Waals surface area contributed by atoms with Crippen molar-refractivity contribution in [3.63, 3.8) is 0 Å². The number of piperidine rings is 2. The van der Waals surface area contributed by atoms with Crippen LogP contribution in [-0.2, 0) is 0 Å². The van der Waals surface area contributed by atoms with Gasteiger partial charge in [-0.05, 0) is 44.9 Å². The molecule has 1 aliphatic carbocycles. The van der Waals surface area contributed by atoms with E-state index >= 15 is 0 Å². The Morgan fingerprint density at radius 1 is 0.938 bits per heavy atom. The van der Waals surface area contributed by atoms with Crippen molar-refractivity contribution in [1.82, 2.24) is 4.90 Å². The molecule has 0 aromatic carbocycles. The van der Waals surface area contributed by atoms with Crippen LogP contribution >= 0.6 is 0 Å². The van der Waals surface area contributed by atoms with Gasteiger partial charge in [-0.1, -0.05) is 18.6 Å². The van der Waals surface area contributed by atoms with Gasteiger partial charge in [0, 0.05) is 24.2 Å². The van der Waals surface area contributed by atoms with E-state index in [9.17, 15) is 0 Å². The molecule has 16 heavy (non-hydrogen) atoms. The number of nitrogens with zero attached hydrogens (tertiary/aromatic N) is 1. The summed E-state index contributed by atoms with van der Waals surface area (Å²) in [6, 6.07) is 2.91. The molecule has 0 aromatic rings. The smallest absolute Gasteiger partial charge is 0.0139 e. The van der Waals surface area contributed by atoms with Crippen LogP contribution in [0.25, 0.3) is 0 Å². The second kappa shape index (κ2) is 4.50. The lowest BCUT2D eigenvalue weighted by Gasteiger charge is -2.52. The van der Waals surface area contributed by atoms with Crippen molar-refractivity contribution in [2.24, 2.45) is 5.73 Å². The van der Waals surface area contributed by atoms with Gasteiger partial charge >= 0.3 is 0 Å². The molecule has 3 rings (SSSR count). The molecule has 2 bridgehead atoms. The summed E-state index contributed by atoms with van der Waals surface area (Å²) in [5.74, 6) is 0. The fraction of sp³-hybridized carbons (Fsp3) is 0.857. The van der Waals surface area contributed by atoms with E-state index in [4.69, 9.17) is 5.73 Å². The van der Waals surface area contributed by atoms with E-state index in [0.717, 1.165) is 18.1 Å². The SMILES string of the molecule is NC1CC2CCCC(C1)N2C1CC=CCC1. The maximum Gasteiger partial charge on any atom is 0.0139 e. The van der Waals surface area contributed by atoms with E-state index in [-0.39, 0.29) is 0 Å². The maximum atomic E-state index is 6.18. The van der Waals surface area contributed by atoms with E-state index in [0.29, 0.717) is 6.04 Å². The van der Waals surface area contributed by atoms with Gasteiger partial charge in [0.1, 0.15) is 0 Å². The van der Waals surface area contributed by atoms with Gasteiger partial charge in [-0.2, -0.15) is 0 Å². The highest BCUT2D eigenvalue weighted by atomic mass is 15.2. The van der Waals surface area contributed by atoms with Gasteiger partial charge in [-0.15, -0.1) is 0 Å².